The normalized spacial score (nSPS) is 24.9. The maximum Gasteiger partial charge on any atom is 0.236 e. The molecular formula is C11H23N3O. The number of hydrogen-bond donors (Lipinski definition) is 2. The molecule has 88 valence electrons. The number of likely N-dealkylation sites (tertiary alicyclic amines) is 1. The van der Waals surface area contributed by atoms with Gasteiger partial charge < -0.3 is 15.5 Å². The van der Waals surface area contributed by atoms with Gasteiger partial charge in [0.1, 0.15) is 0 Å². The van der Waals surface area contributed by atoms with Crippen molar-refractivity contribution in [2.45, 2.75) is 38.3 Å². The van der Waals surface area contributed by atoms with Gasteiger partial charge in [0.2, 0.25) is 5.91 Å². The van der Waals surface area contributed by atoms with Crippen LogP contribution in [0.3, 0.4) is 0 Å². The van der Waals surface area contributed by atoms with E-state index in [-0.39, 0.29) is 11.9 Å². The van der Waals surface area contributed by atoms with Crippen molar-refractivity contribution in [3.63, 3.8) is 0 Å². The van der Waals surface area contributed by atoms with E-state index in [2.05, 4.69) is 22.6 Å². The lowest BCUT2D eigenvalue weighted by Crippen LogP contribution is -2.48. The van der Waals surface area contributed by atoms with E-state index in [1.54, 1.807) is 7.05 Å². The SMILES string of the molecule is CNC(C)C(=O)NCC1CCCCN1C. The monoisotopic (exact) mass is 213 g/mol. The summed E-state index contributed by atoms with van der Waals surface area (Å²) in [5.41, 5.74) is 0. The Labute approximate surface area is 92.4 Å². The fourth-order valence-corrected chi connectivity index (χ4v) is 1.90. The quantitative estimate of drug-likeness (QED) is 0.701. The van der Waals surface area contributed by atoms with Gasteiger partial charge in [-0.3, -0.25) is 4.79 Å². The molecule has 0 spiro atoms. The Kier molecular flexibility index (Phi) is 5.05. The van der Waals surface area contributed by atoms with Gasteiger partial charge in [-0.05, 0) is 40.4 Å². The third kappa shape index (κ3) is 3.80. The molecule has 0 aromatic rings. The summed E-state index contributed by atoms with van der Waals surface area (Å²) in [7, 11) is 3.94. The molecule has 0 bridgehead atoms. The summed E-state index contributed by atoms with van der Waals surface area (Å²) in [6, 6.07) is 0.422. The summed E-state index contributed by atoms with van der Waals surface area (Å²) >= 11 is 0. The van der Waals surface area contributed by atoms with Crippen LogP contribution in [0.2, 0.25) is 0 Å². The molecule has 0 radical (unpaired) electrons. The van der Waals surface area contributed by atoms with Crippen molar-refractivity contribution in [1.82, 2.24) is 15.5 Å². The van der Waals surface area contributed by atoms with Crippen molar-refractivity contribution < 1.29 is 4.79 Å². The first-order valence-corrected chi connectivity index (χ1v) is 5.80. The standard InChI is InChI=1S/C11H23N3O/c1-9(12-2)11(15)13-8-10-6-4-5-7-14(10)3/h9-10,12H,4-8H2,1-3H3,(H,13,15). The summed E-state index contributed by atoms with van der Waals surface area (Å²) in [5.74, 6) is 0.0940. The molecule has 15 heavy (non-hydrogen) atoms. The Balaban J connectivity index is 2.26. The van der Waals surface area contributed by atoms with Gasteiger partial charge in [-0.15, -0.1) is 0 Å². The number of carbonyl (C=O) groups excluding carboxylic acids is 1. The van der Waals surface area contributed by atoms with Crippen molar-refractivity contribution in [3.05, 3.63) is 0 Å². The Morgan fingerprint density at radius 1 is 1.53 bits per heavy atom. The molecule has 2 atom stereocenters. The van der Waals surface area contributed by atoms with Crippen molar-refractivity contribution in [3.8, 4) is 0 Å². The summed E-state index contributed by atoms with van der Waals surface area (Å²) in [6.07, 6.45) is 3.77. The first-order valence-electron chi connectivity index (χ1n) is 5.80. The fourth-order valence-electron chi connectivity index (χ4n) is 1.90. The van der Waals surface area contributed by atoms with Crippen molar-refractivity contribution >= 4 is 5.91 Å². The highest BCUT2D eigenvalue weighted by molar-refractivity contribution is 5.81. The number of hydrogen-bond acceptors (Lipinski definition) is 3. The van der Waals surface area contributed by atoms with Gasteiger partial charge in [0, 0.05) is 12.6 Å². The molecule has 0 aromatic heterocycles. The summed E-state index contributed by atoms with van der Waals surface area (Å²) in [6.45, 7) is 3.81. The predicted octanol–water partition coefficient (Wildman–Crippen LogP) is 0.195. The van der Waals surface area contributed by atoms with E-state index in [0.717, 1.165) is 13.1 Å². The van der Waals surface area contributed by atoms with Gasteiger partial charge in [0.25, 0.3) is 0 Å². The molecule has 2 unspecified atom stereocenters. The second-order valence-electron chi connectivity index (χ2n) is 4.39. The first kappa shape index (κ1) is 12.5. The van der Waals surface area contributed by atoms with E-state index in [1.807, 2.05) is 6.92 Å². The molecule has 0 aliphatic carbocycles. The average Bonchev–Trinajstić information content (AvgIpc) is 2.26. The van der Waals surface area contributed by atoms with Crippen molar-refractivity contribution in [2.24, 2.45) is 0 Å². The summed E-state index contributed by atoms with van der Waals surface area (Å²) in [4.78, 5) is 13.9. The Bertz CT molecular complexity index is 208. The number of rotatable bonds is 4. The summed E-state index contributed by atoms with van der Waals surface area (Å²) < 4.78 is 0. The molecule has 1 saturated heterocycles. The minimum absolute atomic E-state index is 0.0940. The fraction of sp³-hybridized carbons (Fsp3) is 0.909. The van der Waals surface area contributed by atoms with Crippen LogP contribution >= 0.6 is 0 Å². The zero-order valence-electron chi connectivity index (χ0n) is 10.0. The largest absolute Gasteiger partial charge is 0.353 e. The zero-order chi connectivity index (χ0) is 11.3. The zero-order valence-corrected chi connectivity index (χ0v) is 10.0. The van der Waals surface area contributed by atoms with Crippen LogP contribution in [0.1, 0.15) is 26.2 Å². The van der Waals surface area contributed by atoms with E-state index < -0.39 is 0 Å². The van der Waals surface area contributed by atoms with Crippen LogP contribution in [0.15, 0.2) is 0 Å². The van der Waals surface area contributed by atoms with E-state index in [0.29, 0.717) is 6.04 Å². The smallest absolute Gasteiger partial charge is 0.236 e. The number of carbonyl (C=O) groups is 1. The highest BCUT2D eigenvalue weighted by Crippen LogP contribution is 2.13. The average molecular weight is 213 g/mol. The minimum atomic E-state index is -0.0982. The maximum absolute atomic E-state index is 11.5. The second-order valence-corrected chi connectivity index (χ2v) is 4.39. The molecule has 1 amide bonds. The Hall–Kier alpha value is -0.610. The van der Waals surface area contributed by atoms with E-state index in [1.165, 1.54) is 19.3 Å². The van der Waals surface area contributed by atoms with Crippen LogP contribution in [0.5, 0.6) is 0 Å². The highest BCUT2D eigenvalue weighted by atomic mass is 16.2. The third-order valence-electron chi connectivity index (χ3n) is 3.26. The predicted molar refractivity (Wildman–Crippen MR) is 61.8 cm³/mol. The van der Waals surface area contributed by atoms with Gasteiger partial charge >= 0.3 is 0 Å². The van der Waals surface area contributed by atoms with Crippen LogP contribution in [0.4, 0.5) is 0 Å². The number of nitrogens with zero attached hydrogens (tertiary/aromatic N) is 1. The van der Waals surface area contributed by atoms with E-state index >= 15 is 0 Å². The van der Waals surface area contributed by atoms with Crippen molar-refractivity contribution in [2.75, 3.05) is 27.2 Å². The minimum Gasteiger partial charge on any atom is -0.353 e. The topological polar surface area (TPSA) is 44.4 Å². The Morgan fingerprint density at radius 2 is 2.27 bits per heavy atom. The van der Waals surface area contributed by atoms with Gasteiger partial charge in [0.05, 0.1) is 6.04 Å². The lowest BCUT2D eigenvalue weighted by Gasteiger charge is -2.32. The molecule has 1 aliphatic heterocycles. The number of nitrogens with one attached hydrogen (secondary N) is 2. The summed E-state index contributed by atoms with van der Waals surface area (Å²) in [5, 5.41) is 5.93. The van der Waals surface area contributed by atoms with Crippen LogP contribution in [0.25, 0.3) is 0 Å². The maximum atomic E-state index is 11.5. The van der Waals surface area contributed by atoms with Crippen LogP contribution < -0.4 is 10.6 Å². The van der Waals surface area contributed by atoms with Crippen LogP contribution in [-0.4, -0.2) is 50.1 Å². The lowest BCUT2D eigenvalue weighted by molar-refractivity contribution is -0.122. The molecule has 1 fully saturated rings. The molecule has 1 heterocycles. The second kappa shape index (κ2) is 6.08. The van der Waals surface area contributed by atoms with E-state index in [4.69, 9.17) is 0 Å². The Morgan fingerprint density at radius 3 is 2.87 bits per heavy atom. The van der Waals surface area contributed by atoms with Gasteiger partial charge in [-0.25, -0.2) is 0 Å². The molecule has 2 N–H and O–H groups in total. The molecule has 0 aromatic carbocycles. The molecule has 4 heteroatoms. The first-order chi connectivity index (χ1) is 7.15. The molecular weight excluding hydrogens is 190 g/mol. The van der Waals surface area contributed by atoms with Gasteiger partial charge in [-0.2, -0.15) is 0 Å². The number of amides is 1. The third-order valence-corrected chi connectivity index (χ3v) is 3.26. The highest BCUT2D eigenvalue weighted by Gasteiger charge is 2.20. The molecule has 1 aliphatic rings. The van der Waals surface area contributed by atoms with Crippen LogP contribution in [0, 0.1) is 0 Å². The van der Waals surface area contributed by atoms with E-state index in [9.17, 15) is 4.79 Å². The number of likely N-dealkylation sites (N-methyl/N-ethyl adjacent to an activating group) is 2. The van der Waals surface area contributed by atoms with Crippen molar-refractivity contribution in [1.29, 1.82) is 0 Å². The molecule has 1 rings (SSSR count). The number of piperidine rings is 1. The van der Waals surface area contributed by atoms with Gasteiger partial charge in [0.15, 0.2) is 0 Å². The van der Waals surface area contributed by atoms with Gasteiger partial charge in [-0.1, -0.05) is 6.42 Å². The van der Waals surface area contributed by atoms with Crippen LogP contribution in [-0.2, 0) is 4.79 Å². The lowest BCUT2D eigenvalue weighted by atomic mass is 10.0. The molecule has 0 saturated carbocycles. The molecule has 4 nitrogen and oxygen atoms in total.